The third-order valence-electron chi connectivity index (χ3n) is 8.71. The molecule has 11 nitrogen and oxygen atoms in total. The minimum absolute atomic E-state index is 0.0617. The fourth-order valence-corrected chi connectivity index (χ4v) is 9.00. The van der Waals surface area contributed by atoms with Crippen LogP contribution >= 0.6 is 11.8 Å². The molecule has 0 spiro atoms. The summed E-state index contributed by atoms with van der Waals surface area (Å²) >= 11 is 1.50. The van der Waals surface area contributed by atoms with Crippen molar-refractivity contribution in [1.82, 2.24) is 0 Å². The van der Waals surface area contributed by atoms with E-state index in [0.717, 1.165) is 11.1 Å². The Bertz CT molecular complexity index is 1820. The molecule has 0 heterocycles. The van der Waals surface area contributed by atoms with Crippen molar-refractivity contribution in [2.24, 2.45) is 11.8 Å². The number of carbonyl (C=O) groups excluding carboxylic acids is 4. The van der Waals surface area contributed by atoms with Gasteiger partial charge in [0.2, 0.25) is 0 Å². The summed E-state index contributed by atoms with van der Waals surface area (Å²) in [5.74, 6) is -4.29. The molecular weight excluding hydrogens is 815 g/mol. The van der Waals surface area contributed by atoms with Gasteiger partial charge < -0.3 is 23.5 Å². The van der Waals surface area contributed by atoms with Gasteiger partial charge in [-0.1, -0.05) is 48.9 Å². The minimum atomic E-state index is -4.27. The van der Waals surface area contributed by atoms with Gasteiger partial charge in [0.15, 0.2) is 11.8 Å². The van der Waals surface area contributed by atoms with Crippen molar-refractivity contribution in [3.63, 3.8) is 0 Å². The highest BCUT2D eigenvalue weighted by atomic mass is 32.2. The maximum absolute atomic E-state index is 13.3. The first-order chi connectivity index (χ1) is 27.2. The molecule has 0 bridgehead atoms. The van der Waals surface area contributed by atoms with Gasteiger partial charge in [-0.05, 0) is 106 Å². The third-order valence-corrected chi connectivity index (χ3v) is 11.6. The van der Waals surface area contributed by atoms with Gasteiger partial charge in [0, 0.05) is 11.2 Å². The topological polar surface area (TPSA) is 162 Å². The molecule has 0 aromatic heterocycles. The molecule has 0 fully saturated rings. The number of hydrogen-bond donors (Lipinski definition) is 0. The van der Waals surface area contributed by atoms with Gasteiger partial charge in [-0.3, -0.25) is 19.2 Å². The van der Waals surface area contributed by atoms with Crippen molar-refractivity contribution >= 4 is 56.7 Å². The number of aryl methyl sites for hydroxylation is 1. The molecule has 58 heavy (non-hydrogen) atoms. The van der Waals surface area contributed by atoms with Gasteiger partial charge in [0.05, 0.1) is 49.2 Å². The van der Waals surface area contributed by atoms with E-state index in [1.54, 1.807) is 71.0 Å². The highest BCUT2D eigenvalue weighted by Crippen LogP contribution is 2.38. The fourth-order valence-electron chi connectivity index (χ4n) is 6.07. The molecule has 0 radical (unpaired) electrons. The summed E-state index contributed by atoms with van der Waals surface area (Å²) in [5, 5.41) is 0. The van der Waals surface area contributed by atoms with Crippen LogP contribution in [0.4, 0.5) is 8.78 Å². The maximum Gasteiger partial charge on any atom is 0.321 e. The second-order valence-electron chi connectivity index (χ2n) is 13.6. The van der Waals surface area contributed by atoms with Crippen LogP contribution in [0.3, 0.4) is 0 Å². The molecule has 0 aliphatic rings. The van der Waals surface area contributed by atoms with Crippen molar-refractivity contribution in [3.05, 3.63) is 101 Å². The van der Waals surface area contributed by atoms with Gasteiger partial charge in [0.1, 0.15) is 27.5 Å². The number of benzene rings is 3. The Labute approximate surface area is 349 Å². The van der Waals surface area contributed by atoms with E-state index in [1.165, 1.54) is 48.2 Å². The van der Waals surface area contributed by atoms with Gasteiger partial charge >= 0.3 is 23.9 Å². The zero-order valence-electron chi connectivity index (χ0n) is 34.8. The van der Waals surface area contributed by atoms with Crippen LogP contribution in [0.15, 0.2) is 77.7 Å². The van der Waals surface area contributed by atoms with E-state index in [2.05, 4.69) is 0 Å². The molecule has 2 unspecified atom stereocenters. The number of hydrogen-bond acceptors (Lipinski definition) is 12. The molecule has 0 amide bonds. The van der Waals surface area contributed by atoms with E-state index in [4.69, 9.17) is 18.9 Å². The predicted octanol–water partition coefficient (Wildman–Crippen LogP) is 6.79. The van der Waals surface area contributed by atoms with Crippen molar-refractivity contribution in [2.75, 3.05) is 56.7 Å². The van der Waals surface area contributed by atoms with Crippen LogP contribution < -0.4 is 0 Å². The number of halogens is 2. The number of carbonyl (C=O) groups is 4. The van der Waals surface area contributed by atoms with Crippen LogP contribution in [0.5, 0.6) is 0 Å². The Balaban J connectivity index is 0.000000463. The summed E-state index contributed by atoms with van der Waals surface area (Å²) in [6.45, 7) is 12.9. The zero-order chi connectivity index (χ0) is 44.3. The van der Waals surface area contributed by atoms with E-state index in [9.17, 15) is 40.9 Å². The molecule has 322 valence electrons. The zero-order valence-corrected chi connectivity index (χ0v) is 37.2. The van der Waals surface area contributed by atoms with E-state index in [0.29, 0.717) is 17.1 Å². The molecule has 0 N–H and O–H groups in total. The van der Waals surface area contributed by atoms with Crippen LogP contribution in [0, 0.1) is 30.4 Å². The van der Waals surface area contributed by atoms with Gasteiger partial charge in [-0.2, -0.15) is 11.8 Å². The maximum atomic E-state index is 13.3. The molecule has 0 aliphatic heterocycles. The van der Waals surface area contributed by atoms with Crippen LogP contribution in [0.1, 0.15) is 58.2 Å². The Morgan fingerprint density at radius 1 is 0.655 bits per heavy atom. The molecule has 2 atom stereocenters. The minimum Gasteiger partial charge on any atom is -0.744 e. The summed E-state index contributed by atoms with van der Waals surface area (Å²) in [5.41, 5.74) is 0.651. The van der Waals surface area contributed by atoms with Crippen molar-refractivity contribution in [2.45, 2.75) is 64.2 Å². The number of ether oxygens (including phenoxy) is 4. The highest BCUT2D eigenvalue weighted by molar-refractivity contribution is 7.98. The fraction of sp³-hybridized carbons (Fsp3) is 0.476. The normalized spacial score (nSPS) is 13.2. The lowest BCUT2D eigenvalue weighted by atomic mass is 9.73. The SMILES string of the molecule is CCOC(=O)C(C(=O)OCC)C(C)(CSC)c1ccc(F)cc1.CCOC(=O)C(C(=O)OCC)C(C)(C[S+](C)C)c1ccc(F)cc1.Cc1ccc(S(=O)(=O)[O-])cc1. The van der Waals surface area contributed by atoms with Crippen LogP contribution in [-0.2, 0) is 70.0 Å². The van der Waals surface area contributed by atoms with Crippen LogP contribution in [0.2, 0.25) is 0 Å². The monoisotopic (exact) mass is 870 g/mol. The standard InChI is InChI=1S/C18H26FO4S.C17H23FO4S.C7H8O3S/c1-6-22-16(20)15(17(21)23-7-2)18(3,12-24(4)5)13-8-10-14(19)11-9-13;1-5-21-15(19)14(16(20)22-6-2)17(3,11-23-4)12-7-9-13(18)10-8-12;1-6-2-4-7(5-3-6)11(8,9)10/h8-11,15H,6-7,12H2,1-5H3;7-10,14H,5-6,11H2,1-4H3;2-5H,1H3,(H,8,9,10)/q+1;;/p-1. The molecule has 0 saturated carbocycles. The summed E-state index contributed by atoms with van der Waals surface area (Å²) in [6.07, 6.45) is 5.96. The summed E-state index contributed by atoms with van der Waals surface area (Å²) in [4.78, 5) is 49.7. The molecule has 0 saturated heterocycles. The largest absolute Gasteiger partial charge is 0.744 e. The number of esters is 4. The second kappa shape index (κ2) is 24.8. The molecule has 3 aromatic carbocycles. The molecule has 0 aliphatic carbocycles. The molecular formula is C42H56F2O11S3. The third kappa shape index (κ3) is 15.6. The van der Waals surface area contributed by atoms with Crippen molar-refractivity contribution < 1.29 is 59.9 Å². The van der Waals surface area contributed by atoms with Gasteiger partial charge in [-0.15, -0.1) is 0 Å². The number of rotatable bonds is 17. The average molecular weight is 871 g/mol. The Morgan fingerprint density at radius 2 is 0.983 bits per heavy atom. The Kier molecular flexibility index (Phi) is 22.3. The molecule has 16 heteroatoms. The quantitative estimate of drug-likeness (QED) is 0.0460. The highest BCUT2D eigenvalue weighted by Gasteiger charge is 2.50. The first-order valence-corrected chi connectivity index (χ1v) is 23.4. The van der Waals surface area contributed by atoms with Gasteiger partial charge in [0.25, 0.3) is 0 Å². The average Bonchev–Trinajstić information content (AvgIpc) is 3.13. The smallest absolute Gasteiger partial charge is 0.321 e. The predicted molar refractivity (Wildman–Crippen MR) is 223 cm³/mol. The van der Waals surface area contributed by atoms with E-state index in [1.807, 2.05) is 32.6 Å². The Morgan fingerprint density at radius 3 is 1.28 bits per heavy atom. The second-order valence-corrected chi connectivity index (χ2v) is 18.1. The summed E-state index contributed by atoms with van der Waals surface area (Å²) in [6, 6.07) is 17.5. The lowest BCUT2D eigenvalue weighted by Gasteiger charge is -2.34. The Hall–Kier alpha value is -3.99. The van der Waals surface area contributed by atoms with Crippen molar-refractivity contribution in [3.8, 4) is 0 Å². The lowest BCUT2D eigenvalue weighted by molar-refractivity contribution is -0.166. The molecule has 3 rings (SSSR count). The van der Waals surface area contributed by atoms with E-state index in [-0.39, 0.29) is 53.9 Å². The molecule has 3 aromatic rings. The van der Waals surface area contributed by atoms with E-state index >= 15 is 0 Å². The van der Waals surface area contributed by atoms with Gasteiger partial charge in [-0.25, -0.2) is 17.2 Å². The lowest BCUT2D eigenvalue weighted by Crippen LogP contribution is -2.48. The van der Waals surface area contributed by atoms with E-state index < -0.39 is 56.7 Å². The first-order valence-electron chi connectivity index (χ1n) is 18.4. The summed E-state index contributed by atoms with van der Waals surface area (Å²) in [7, 11) is -4.33. The summed E-state index contributed by atoms with van der Waals surface area (Å²) < 4.78 is 78.2. The van der Waals surface area contributed by atoms with Crippen molar-refractivity contribution in [1.29, 1.82) is 0 Å². The van der Waals surface area contributed by atoms with Crippen LogP contribution in [0.25, 0.3) is 0 Å². The first kappa shape index (κ1) is 52.0. The van der Waals surface area contributed by atoms with Crippen LogP contribution in [-0.4, -0.2) is 93.5 Å². The number of thioether (sulfide) groups is 1.